The number of ether oxygens (including phenoxy) is 1. The van der Waals surface area contributed by atoms with Crippen LogP contribution in [0.2, 0.25) is 0 Å². The molecular formula is C20H26ClNO2S. The number of halogens is 1. The van der Waals surface area contributed by atoms with E-state index in [-0.39, 0.29) is 18.0 Å². The lowest BCUT2D eigenvalue weighted by molar-refractivity contribution is -0.0154. The highest BCUT2D eigenvalue weighted by molar-refractivity contribution is 7.07. The number of rotatable bonds is 3. The Hall–Kier alpha value is -1.07. The predicted molar refractivity (Wildman–Crippen MR) is 105 cm³/mol. The molecule has 1 aliphatic carbocycles. The first-order chi connectivity index (χ1) is 11.8. The minimum absolute atomic E-state index is 0. The molecule has 1 aliphatic heterocycles. The fraction of sp³-hybridized carbons (Fsp3) is 0.500. The highest BCUT2D eigenvalue weighted by Crippen LogP contribution is 2.40. The van der Waals surface area contributed by atoms with E-state index < -0.39 is 0 Å². The maximum Gasteiger partial charge on any atom is 0.124 e. The molecule has 1 aromatic heterocycles. The van der Waals surface area contributed by atoms with Gasteiger partial charge in [-0.25, -0.2) is 0 Å². The largest absolute Gasteiger partial charge is 0.486 e. The molecular weight excluding hydrogens is 354 g/mol. The molecule has 2 heterocycles. The summed E-state index contributed by atoms with van der Waals surface area (Å²) in [5, 5.41) is 13.9. The van der Waals surface area contributed by atoms with Crippen molar-refractivity contribution in [1.29, 1.82) is 0 Å². The topological polar surface area (TPSA) is 32.7 Å². The highest BCUT2D eigenvalue weighted by Gasteiger charge is 2.40. The van der Waals surface area contributed by atoms with Gasteiger partial charge in [-0.3, -0.25) is 4.90 Å². The molecule has 25 heavy (non-hydrogen) atoms. The third-order valence-electron chi connectivity index (χ3n) is 5.47. The standard InChI is InChI=1S/C20H25NO2S.ClH/c22-13-16-5-8-20(9-6-16)15-21(11-17-7-10-24-14-17)12-18-3-1-2-4-19(18)23-20;/h1-4,7,10,14,16,22H,5-6,8-9,11-13,15H2;1H. The van der Waals surface area contributed by atoms with Crippen molar-refractivity contribution in [3.8, 4) is 5.75 Å². The van der Waals surface area contributed by atoms with E-state index in [2.05, 4.69) is 46.0 Å². The third-order valence-corrected chi connectivity index (χ3v) is 6.20. The zero-order valence-corrected chi connectivity index (χ0v) is 16.0. The normalized spacial score (nSPS) is 26.4. The number of para-hydroxylation sites is 1. The van der Waals surface area contributed by atoms with Crippen molar-refractivity contribution in [1.82, 2.24) is 4.90 Å². The summed E-state index contributed by atoms with van der Waals surface area (Å²) in [5.41, 5.74) is 2.57. The van der Waals surface area contributed by atoms with Crippen LogP contribution in [0.3, 0.4) is 0 Å². The Labute approximate surface area is 160 Å². The van der Waals surface area contributed by atoms with Crippen molar-refractivity contribution >= 4 is 23.7 Å². The first-order valence-electron chi connectivity index (χ1n) is 8.88. The van der Waals surface area contributed by atoms with Crippen LogP contribution in [-0.4, -0.2) is 28.8 Å². The van der Waals surface area contributed by atoms with E-state index in [0.717, 1.165) is 51.1 Å². The molecule has 0 saturated heterocycles. The Morgan fingerprint density at radius 3 is 2.72 bits per heavy atom. The summed E-state index contributed by atoms with van der Waals surface area (Å²) in [6, 6.07) is 10.7. The zero-order valence-electron chi connectivity index (χ0n) is 14.4. The van der Waals surface area contributed by atoms with Crippen molar-refractivity contribution in [2.45, 2.75) is 44.4 Å². The molecule has 3 nitrogen and oxygen atoms in total. The number of thiophene rings is 1. The van der Waals surface area contributed by atoms with Gasteiger partial charge in [-0.1, -0.05) is 18.2 Å². The van der Waals surface area contributed by atoms with Crippen molar-refractivity contribution in [2.24, 2.45) is 5.92 Å². The van der Waals surface area contributed by atoms with Gasteiger partial charge in [0.2, 0.25) is 0 Å². The number of hydrogen-bond acceptors (Lipinski definition) is 4. The Kier molecular flexibility index (Phi) is 6.05. The number of fused-ring (bicyclic) bond motifs is 1. The lowest BCUT2D eigenvalue weighted by atomic mass is 9.78. The number of aliphatic hydroxyl groups is 1. The van der Waals surface area contributed by atoms with Crippen molar-refractivity contribution in [2.75, 3.05) is 13.2 Å². The second kappa shape index (κ2) is 8.09. The summed E-state index contributed by atoms with van der Waals surface area (Å²) >= 11 is 1.76. The van der Waals surface area contributed by atoms with Gasteiger partial charge in [0.1, 0.15) is 11.4 Å². The molecule has 1 aromatic carbocycles. The lowest BCUT2D eigenvalue weighted by Crippen LogP contribution is -2.48. The molecule has 1 N–H and O–H groups in total. The molecule has 1 spiro atoms. The monoisotopic (exact) mass is 379 g/mol. The van der Waals surface area contributed by atoms with Crippen molar-refractivity contribution in [3.05, 3.63) is 52.2 Å². The van der Waals surface area contributed by atoms with Crippen molar-refractivity contribution in [3.63, 3.8) is 0 Å². The molecule has 5 heteroatoms. The van der Waals surface area contributed by atoms with Crippen LogP contribution in [0.1, 0.15) is 36.8 Å². The Morgan fingerprint density at radius 1 is 1.20 bits per heavy atom. The van der Waals surface area contributed by atoms with Gasteiger partial charge in [-0.05, 0) is 60.1 Å². The summed E-state index contributed by atoms with van der Waals surface area (Å²) in [7, 11) is 0. The summed E-state index contributed by atoms with van der Waals surface area (Å²) in [5.74, 6) is 1.50. The number of aliphatic hydroxyl groups excluding tert-OH is 1. The van der Waals surface area contributed by atoms with Gasteiger partial charge in [0.05, 0.1) is 0 Å². The molecule has 0 amide bonds. The summed E-state index contributed by atoms with van der Waals surface area (Å²) in [6.45, 7) is 3.20. The molecule has 0 radical (unpaired) electrons. The summed E-state index contributed by atoms with van der Waals surface area (Å²) < 4.78 is 6.61. The average Bonchev–Trinajstić information content (AvgIpc) is 3.05. The van der Waals surface area contributed by atoms with E-state index in [0.29, 0.717) is 12.5 Å². The van der Waals surface area contributed by atoms with E-state index in [4.69, 9.17) is 4.74 Å². The Bertz CT molecular complexity index is 668. The van der Waals surface area contributed by atoms with Gasteiger partial charge in [-0.2, -0.15) is 11.3 Å². The predicted octanol–water partition coefficient (Wildman–Crippen LogP) is 4.49. The molecule has 136 valence electrons. The molecule has 0 bridgehead atoms. The molecule has 4 rings (SSSR count). The highest BCUT2D eigenvalue weighted by atomic mass is 35.5. The van der Waals surface area contributed by atoms with E-state index >= 15 is 0 Å². The third kappa shape index (κ3) is 4.20. The smallest absolute Gasteiger partial charge is 0.124 e. The SMILES string of the molecule is Cl.OCC1CCC2(CC1)CN(Cc1ccsc1)Cc1ccccc1O2. The molecule has 1 fully saturated rings. The van der Waals surface area contributed by atoms with Gasteiger partial charge in [0.15, 0.2) is 0 Å². The van der Waals surface area contributed by atoms with E-state index in [1.54, 1.807) is 11.3 Å². The first-order valence-corrected chi connectivity index (χ1v) is 9.82. The fourth-order valence-corrected chi connectivity index (χ4v) is 4.76. The maximum atomic E-state index is 9.46. The van der Waals surface area contributed by atoms with Crippen LogP contribution in [0.4, 0.5) is 0 Å². The van der Waals surface area contributed by atoms with Crippen molar-refractivity contribution < 1.29 is 9.84 Å². The van der Waals surface area contributed by atoms with Crippen LogP contribution < -0.4 is 4.74 Å². The maximum absolute atomic E-state index is 9.46. The Morgan fingerprint density at radius 2 is 2.00 bits per heavy atom. The van der Waals surface area contributed by atoms with Gasteiger partial charge >= 0.3 is 0 Å². The zero-order chi connectivity index (χ0) is 16.4. The second-order valence-corrected chi connectivity index (χ2v) is 8.08. The lowest BCUT2D eigenvalue weighted by Gasteiger charge is -2.41. The van der Waals surface area contributed by atoms with Crippen LogP contribution in [0, 0.1) is 5.92 Å². The quantitative estimate of drug-likeness (QED) is 0.853. The average molecular weight is 380 g/mol. The minimum Gasteiger partial charge on any atom is -0.486 e. The van der Waals surface area contributed by atoms with Gasteiger partial charge in [-0.15, -0.1) is 12.4 Å². The Balaban J connectivity index is 0.00000182. The minimum atomic E-state index is -0.103. The second-order valence-electron chi connectivity index (χ2n) is 7.30. The van der Waals surface area contributed by atoms with Gasteiger partial charge < -0.3 is 9.84 Å². The van der Waals surface area contributed by atoms with Crippen LogP contribution in [0.25, 0.3) is 0 Å². The van der Waals surface area contributed by atoms with E-state index in [9.17, 15) is 5.11 Å². The van der Waals surface area contributed by atoms with Gasteiger partial charge in [0.25, 0.3) is 0 Å². The van der Waals surface area contributed by atoms with Crippen LogP contribution >= 0.6 is 23.7 Å². The number of nitrogens with zero attached hydrogens (tertiary/aromatic N) is 1. The fourth-order valence-electron chi connectivity index (χ4n) is 4.10. The molecule has 0 atom stereocenters. The molecule has 2 aromatic rings. The molecule has 0 unspecified atom stereocenters. The first kappa shape index (κ1) is 18.7. The van der Waals surface area contributed by atoms with E-state index in [1.165, 1.54) is 11.1 Å². The number of benzene rings is 1. The molecule has 1 saturated carbocycles. The number of hydrogen-bond donors (Lipinski definition) is 1. The van der Waals surface area contributed by atoms with Crippen LogP contribution in [0.5, 0.6) is 5.75 Å². The van der Waals surface area contributed by atoms with Gasteiger partial charge in [0, 0.05) is 31.8 Å². The van der Waals surface area contributed by atoms with E-state index in [1.807, 2.05) is 0 Å². The summed E-state index contributed by atoms with van der Waals surface area (Å²) in [6.07, 6.45) is 4.19. The van der Waals surface area contributed by atoms with Crippen LogP contribution in [0.15, 0.2) is 41.1 Å². The van der Waals surface area contributed by atoms with Crippen LogP contribution in [-0.2, 0) is 13.1 Å². The summed E-state index contributed by atoms with van der Waals surface area (Å²) in [4.78, 5) is 2.53. The molecule has 2 aliphatic rings.